The molecule has 0 aromatic rings. The molecule has 0 aliphatic carbocycles. The fraction of sp³-hybridized carbons (Fsp3) is 0.923. The fourth-order valence-corrected chi connectivity index (χ4v) is 2.70. The van der Waals surface area contributed by atoms with Crippen LogP contribution in [0.4, 0.5) is 0 Å². The normalized spacial score (nSPS) is 26.8. The van der Waals surface area contributed by atoms with E-state index in [0.717, 1.165) is 25.9 Å². The molecule has 2 aliphatic heterocycles. The van der Waals surface area contributed by atoms with Crippen molar-refractivity contribution in [3.63, 3.8) is 0 Å². The molecule has 2 fully saturated rings. The Balaban J connectivity index is 1.95. The lowest BCUT2D eigenvalue weighted by molar-refractivity contribution is -0.174. The summed E-state index contributed by atoms with van der Waals surface area (Å²) in [6, 6.07) is 0. The molecule has 4 heteroatoms. The lowest BCUT2D eigenvalue weighted by Gasteiger charge is -2.52. The van der Waals surface area contributed by atoms with E-state index in [1.807, 2.05) is 18.7 Å². The second-order valence-corrected chi connectivity index (χ2v) is 6.23. The first-order chi connectivity index (χ1) is 7.87. The van der Waals surface area contributed by atoms with Gasteiger partial charge in [-0.25, -0.2) is 0 Å². The summed E-state index contributed by atoms with van der Waals surface area (Å²) in [4.78, 5) is 14.2. The molecule has 2 saturated heterocycles. The molecule has 0 bridgehead atoms. The Kier molecular flexibility index (Phi) is 3.21. The molecule has 0 aromatic heterocycles. The summed E-state index contributed by atoms with van der Waals surface area (Å²) in [5.74, 6) is 0.441. The highest BCUT2D eigenvalue weighted by atomic mass is 16.3. The van der Waals surface area contributed by atoms with Crippen molar-refractivity contribution in [1.29, 1.82) is 0 Å². The fourth-order valence-electron chi connectivity index (χ4n) is 2.70. The molecular weight excluding hydrogens is 216 g/mol. The number of carbonyl (C=O) groups is 1. The summed E-state index contributed by atoms with van der Waals surface area (Å²) in [6.07, 6.45) is 1.81. The van der Waals surface area contributed by atoms with Gasteiger partial charge in [0.25, 0.3) is 0 Å². The van der Waals surface area contributed by atoms with Gasteiger partial charge in [0.1, 0.15) is 5.60 Å². The minimum absolute atomic E-state index is 0.215. The average molecular weight is 240 g/mol. The summed E-state index contributed by atoms with van der Waals surface area (Å²) in [5.41, 5.74) is -0.873. The van der Waals surface area contributed by atoms with Crippen LogP contribution in [0.1, 0.15) is 33.6 Å². The van der Waals surface area contributed by atoms with Gasteiger partial charge in [-0.2, -0.15) is 0 Å². The van der Waals surface area contributed by atoms with E-state index < -0.39 is 5.60 Å². The molecule has 1 amide bonds. The lowest BCUT2D eigenvalue weighted by atomic mass is 9.76. The van der Waals surface area contributed by atoms with E-state index in [4.69, 9.17) is 0 Å². The maximum absolute atomic E-state index is 12.4. The van der Waals surface area contributed by atoms with Gasteiger partial charge in [-0.15, -0.1) is 0 Å². The number of piperidine rings is 1. The zero-order valence-electron chi connectivity index (χ0n) is 11.1. The quantitative estimate of drug-likeness (QED) is 0.743. The van der Waals surface area contributed by atoms with Crippen molar-refractivity contribution in [3.8, 4) is 0 Å². The smallest absolute Gasteiger partial charge is 0.228 e. The maximum Gasteiger partial charge on any atom is 0.228 e. The molecule has 4 nitrogen and oxygen atoms in total. The Hall–Kier alpha value is -0.610. The molecule has 0 spiro atoms. The molecular formula is C13H24N2O2. The van der Waals surface area contributed by atoms with E-state index in [2.05, 4.69) is 12.2 Å². The van der Waals surface area contributed by atoms with Crippen LogP contribution in [0, 0.1) is 11.3 Å². The average Bonchev–Trinajstić information content (AvgIpc) is 2.24. The highest BCUT2D eigenvalue weighted by Gasteiger charge is 2.49. The topological polar surface area (TPSA) is 52.6 Å². The number of aliphatic hydroxyl groups is 1. The number of nitrogens with zero attached hydrogens (tertiary/aromatic N) is 1. The first-order valence-electron chi connectivity index (χ1n) is 6.60. The summed E-state index contributed by atoms with van der Waals surface area (Å²) >= 11 is 0. The van der Waals surface area contributed by atoms with Crippen molar-refractivity contribution < 1.29 is 9.90 Å². The van der Waals surface area contributed by atoms with Crippen molar-refractivity contribution in [2.75, 3.05) is 26.2 Å². The number of likely N-dealkylation sites (tertiary alicyclic amines) is 1. The van der Waals surface area contributed by atoms with Crippen LogP contribution in [0.2, 0.25) is 0 Å². The van der Waals surface area contributed by atoms with Crippen LogP contribution in [-0.2, 0) is 4.79 Å². The summed E-state index contributed by atoms with van der Waals surface area (Å²) in [7, 11) is 0. The Morgan fingerprint density at radius 3 is 2.29 bits per heavy atom. The second kappa shape index (κ2) is 4.25. The van der Waals surface area contributed by atoms with Crippen LogP contribution >= 0.6 is 0 Å². The number of nitrogens with one attached hydrogen (secondary N) is 1. The molecule has 0 aromatic carbocycles. The van der Waals surface area contributed by atoms with E-state index >= 15 is 0 Å². The van der Waals surface area contributed by atoms with Gasteiger partial charge in [0.05, 0.1) is 13.1 Å². The zero-order valence-corrected chi connectivity index (χ0v) is 11.1. The van der Waals surface area contributed by atoms with Gasteiger partial charge in [-0.05, 0) is 31.8 Å². The number of amides is 1. The molecule has 2 N–H and O–H groups in total. The van der Waals surface area contributed by atoms with Crippen LogP contribution in [0.3, 0.4) is 0 Å². The van der Waals surface area contributed by atoms with Crippen LogP contribution < -0.4 is 5.32 Å². The highest BCUT2D eigenvalue weighted by Crippen LogP contribution is 2.36. The van der Waals surface area contributed by atoms with E-state index in [-0.39, 0.29) is 17.2 Å². The van der Waals surface area contributed by atoms with E-state index in [9.17, 15) is 9.90 Å². The summed E-state index contributed by atoms with van der Waals surface area (Å²) < 4.78 is 0. The Bertz CT molecular complexity index is 303. The molecule has 0 saturated carbocycles. The van der Waals surface area contributed by atoms with Crippen molar-refractivity contribution in [2.45, 2.75) is 39.2 Å². The van der Waals surface area contributed by atoms with E-state index in [0.29, 0.717) is 13.1 Å². The zero-order chi connectivity index (χ0) is 12.7. The maximum atomic E-state index is 12.4. The van der Waals surface area contributed by atoms with Gasteiger partial charge in [0, 0.05) is 5.41 Å². The van der Waals surface area contributed by atoms with Crippen LogP contribution in [0.25, 0.3) is 0 Å². The number of β-amino-alcohol motifs (C(OH)–C–C–N with tert-alkyl or cyclic N) is 1. The summed E-state index contributed by atoms with van der Waals surface area (Å²) in [5, 5.41) is 13.5. The van der Waals surface area contributed by atoms with Crippen molar-refractivity contribution in [1.82, 2.24) is 10.2 Å². The standard InChI is InChI=1S/C13H24N2O2/c1-10(2)13(17)8-15(9-13)11(16)12(3)4-6-14-7-5-12/h10,14,17H,4-9H2,1-3H3. The van der Waals surface area contributed by atoms with Crippen molar-refractivity contribution in [2.24, 2.45) is 11.3 Å². The first-order valence-corrected chi connectivity index (χ1v) is 6.60. The molecule has 17 heavy (non-hydrogen) atoms. The molecule has 2 aliphatic rings. The molecule has 0 radical (unpaired) electrons. The van der Waals surface area contributed by atoms with Gasteiger partial charge in [-0.1, -0.05) is 20.8 Å². The lowest BCUT2D eigenvalue weighted by Crippen LogP contribution is -2.68. The van der Waals surface area contributed by atoms with Crippen LogP contribution in [0.5, 0.6) is 0 Å². The molecule has 0 atom stereocenters. The Labute approximate surface area is 103 Å². The predicted octanol–water partition coefficient (Wildman–Crippen LogP) is 0.605. The van der Waals surface area contributed by atoms with E-state index in [1.165, 1.54) is 0 Å². The summed E-state index contributed by atoms with van der Waals surface area (Å²) in [6.45, 7) is 8.93. The Morgan fingerprint density at radius 1 is 1.29 bits per heavy atom. The third-order valence-electron chi connectivity index (χ3n) is 4.51. The monoisotopic (exact) mass is 240 g/mol. The number of carbonyl (C=O) groups excluding carboxylic acids is 1. The van der Waals surface area contributed by atoms with Gasteiger partial charge in [-0.3, -0.25) is 4.79 Å². The third-order valence-corrected chi connectivity index (χ3v) is 4.51. The molecule has 98 valence electrons. The third kappa shape index (κ3) is 2.20. The molecule has 2 heterocycles. The van der Waals surface area contributed by atoms with E-state index in [1.54, 1.807) is 0 Å². The second-order valence-electron chi connectivity index (χ2n) is 6.23. The minimum atomic E-state index is -0.654. The molecule has 0 unspecified atom stereocenters. The van der Waals surface area contributed by atoms with Crippen molar-refractivity contribution in [3.05, 3.63) is 0 Å². The van der Waals surface area contributed by atoms with Gasteiger partial charge in [0.2, 0.25) is 5.91 Å². The number of rotatable bonds is 2. The van der Waals surface area contributed by atoms with Crippen LogP contribution in [-0.4, -0.2) is 47.7 Å². The number of hydrogen-bond acceptors (Lipinski definition) is 3. The van der Waals surface area contributed by atoms with Gasteiger partial charge >= 0.3 is 0 Å². The highest BCUT2D eigenvalue weighted by molar-refractivity contribution is 5.83. The van der Waals surface area contributed by atoms with Crippen LogP contribution in [0.15, 0.2) is 0 Å². The molecule has 2 rings (SSSR count). The largest absolute Gasteiger partial charge is 0.386 e. The van der Waals surface area contributed by atoms with Crippen molar-refractivity contribution >= 4 is 5.91 Å². The predicted molar refractivity (Wildman–Crippen MR) is 66.6 cm³/mol. The number of hydrogen-bond donors (Lipinski definition) is 2. The first kappa shape index (κ1) is 12.8. The van der Waals surface area contributed by atoms with Gasteiger partial charge < -0.3 is 15.3 Å². The minimum Gasteiger partial charge on any atom is -0.386 e. The Morgan fingerprint density at radius 2 is 1.82 bits per heavy atom. The SMILES string of the molecule is CC(C)C1(O)CN(C(=O)C2(C)CCNCC2)C1. The van der Waals surface area contributed by atoms with Gasteiger partial charge in [0.15, 0.2) is 0 Å².